The summed E-state index contributed by atoms with van der Waals surface area (Å²) in [5.41, 5.74) is -9.63. The van der Waals surface area contributed by atoms with Gasteiger partial charge in [-0.15, -0.1) is 0 Å². The summed E-state index contributed by atoms with van der Waals surface area (Å²) in [5, 5.41) is -4.29. The Kier molecular flexibility index (Phi) is 2.90. The van der Waals surface area contributed by atoms with Crippen LogP contribution in [0.2, 0.25) is 0 Å². The lowest BCUT2D eigenvalue weighted by Crippen LogP contribution is -2.11. The summed E-state index contributed by atoms with van der Waals surface area (Å²) in [6, 6.07) is -33.7. The van der Waals surface area contributed by atoms with Gasteiger partial charge in [-0.3, -0.25) is 0 Å². The van der Waals surface area contributed by atoms with Crippen LogP contribution < -0.4 is 4.90 Å². The van der Waals surface area contributed by atoms with E-state index in [0.29, 0.717) is 9.47 Å². The Morgan fingerprint density at radius 2 is 1.06 bits per heavy atom. The smallest absolute Gasteiger partial charge is 0.0652 e. The minimum atomic E-state index is -1.26. The summed E-state index contributed by atoms with van der Waals surface area (Å²) in [6.07, 6.45) is 0. The third-order valence-electron chi connectivity index (χ3n) is 8.17. The number of hydrogen-bond donors (Lipinski definition) is 0. The van der Waals surface area contributed by atoms with Crippen molar-refractivity contribution in [3.8, 4) is 27.9 Å². The van der Waals surface area contributed by atoms with E-state index in [2.05, 4.69) is 0 Å². The molecule has 0 aliphatic heterocycles. The number of rotatable bonds is 6. The molecule has 0 spiro atoms. The maximum absolute atomic E-state index is 10.4. The molecule has 2 nitrogen and oxygen atoms in total. The summed E-state index contributed by atoms with van der Waals surface area (Å²) in [6.45, 7) is 1.05. The number of benzene rings is 9. The first-order chi connectivity index (χ1) is 40.0. The molecule has 1 aromatic heterocycles. The monoisotopic (exact) mass is 709 g/mol. The normalized spacial score (nSPS) is 20.2. The van der Waals surface area contributed by atoms with Crippen LogP contribution in [0.4, 0.5) is 17.1 Å². The average Bonchev–Trinajstić information content (AvgIpc) is 1.44. The third-order valence-corrected chi connectivity index (χ3v) is 8.17. The molecule has 0 N–H and O–H groups in total. The molecule has 0 fully saturated rings. The summed E-state index contributed by atoms with van der Waals surface area (Å²) >= 11 is 0. The zero-order chi connectivity index (χ0) is 64.0. The van der Waals surface area contributed by atoms with Gasteiger partial charge in [0.1, 0.15) is 0 Å². The molecular formula is C51H36N2. The molecule has 0 aliphatic rings. The van der Waals surface area contributed by atoms with E-state index in [4.69, 9.17) is 24.7 Å². The molecule has 0 atom stereocenters. The highest BCUT2D eigenvalue weighted by molar-refractivity contribution is 6.19. The Morgan fingerprint density at radius 1 is 0.415 bits per heavy atom. The van der Waals surface area contributed by atoms with E-state index < -0.39 is 293 Å². The average molecular weight is 710 g/mol. The molecule has 10 aromatic rings. The number of anilines is 3. The first kappa shape index (κ1) is 12.1. The first-order valence-corrected chi connectivity index (χ1v) is 15.6. The SMILES string of the molecule is [2H]c1c([2H])c([2H])c(-c2c([2H])c([2H])c(N(c3c([2H])c([2H])c([2H])c(-c4c([2H])c([2H])c5c([2H])c([2H])c([2H])c([2H])c5c4[2H])c3[2H])c3c([2H])c([2H])c4c([2H])c([2H])c5c6c([2H])c([2H])c([2H])c([2H])c6n(-c6c([2H])c([2H])c([2H])c([2H])c6[2H])c5c4c3[2H])c(C)c2[2H])c([2H])c1[2H]. The van der Waals surface area contributed by atoms with Gasteiger partial charge in [-0.1, -0.05) is 139 Å². The summed E-state index contributed by atoms with van der Waals surface area (Å²) in [4.78, 5) is 0.451. The van der Waals surface area contributed by atoms with Gasteiger partial charge >= 0.3 is 0 Å². The van der Waals surface area contributed by atoms with Crippen molar-refractivity contribution >= 4 is 60.4 Å². The lowest BCUT2D eigenvalue weighted by atomic mass is 9.99. The zero-order valence-corrected chi connectivity index (χ0v) is 26.9. The first-order valence-electron chi connectivity index (χ1n) is 32.1. The number of fused-ring (bicyclic) bond motifs is 6. The Morgan fingerprint density at radius 3 is 1.92 bits per heavy atom. The molecule has 1 heterocycles. The molecule has 0 unspecified atom stereocenters. The van der Waals surface area contributed by atoms with Crippen LogP contribution in [-0.4, -0.2) is 4.57 Å². The van der Waals surface area contributed by atoms with Crippen molar-refractivity contribution in [3.63, 3.8) is 0 Å². The maximum atomic E-state index is 10.4. The molecular weight excluding hydrogens is 641 g/mol. The Balaban J connectivity index is 1.51. The van der Waals surface area contributed by atoms with Crippen LogP contribution in [0.25, 0.3) is 71.3 Å². The van der Waals surface area contributed by atoms with Gasteiger partial charge in [-0.2, -0.15) is 0 Å². The topological polar surface area (TPSA) is 8.17 Å². The van der Waals surface area contributed by atoms with Crippen LogP contribution in [0.15, 0.2) is 199 Å². The van der Waals surface area contributed by atoms with Gasteiger partial charge in [0.2, 0.25) is 0 Å². The van der Waals surface area contributed by atoms with Crippen LogP contribution in [0.3, 0.4) is 0 Å². The number of hydrogen-bond acceptors (Lipinski definition) is 1. The molecule has 250 valence electrons. The minimum absolute atomic E-state index is 0.451. The highest BCUT2D eigenvalue weighted by Gasteiger charge is 2.20. The van der Waals surface area contributed by atoms with Gasteiger partial charge in [0.25, 0.3) is 0 Å². The quantitative estimate of drug-likeness (QED) is 0.167. The lowest BCUT2D eigenvalue weighted by molar-refractivity contribution is 1.19. The van der Waals surface area contributed by atoms with Crippen LogP contribution in [0.1, 0.15) is 50.8 Å². The van der Waals surface area contributed by atoms with Gasteiger partial charge in [-0.25, -0.2) is 0 Å². The van der Waals surface area contributed by atoms with E-state index in [1.165, 1.54) is 0 Å². The molecule has 0 saturated carbocycles. The number of nitrogens with zero attached hydrogens (tertiary/aromatic N) is 2. The molecule has 53 heavy (non-hydrogen) atoms. The second-order valence-corrected chi connectivity index (χ2v) is 11.3. The fourth-order valence-corrected chi connectivity index (χ4v) is 5.87. The number of aromatic nitrogens is 1. The summed E-state index contributed by atoms with van der Waals surface area (Å²) < 4.78 is 300. The molecule has 0 amide bonds. The van der Waals surface area contributed by atoms with Gasteiger partial charge in [-0.05, 0) is 111 Å². The Labute approximate surface area is 355 Å². The van der Waals surface area contributed by atoms with Crippen LogP contribution in [0.5, 0.6) is 0 Å². The van der Waals surface area contributed by atoms with Crippen molar-refractivity contribution in [2.45, 2.75) is 6.92 Å². The fraction of sp³-hybridized carbons (Fsp3) is 0.0196. The molecule has 0 aliphatic carbocycles. The van der Waals surface area contributed by atoms with E-state index >= 15 is 0 Å². The van der Waals surface area contributed by atoms with Gasteiger partial charge in [0.05, 0.1) is 56.3 Å². The van der Waals surface area contributed by atoms with Crippen molar-refractivity contribution in [2.75, 3.05) is 4.90 Å². The number of para-hydroxylation sites is 2. The van der Waals surface area contributed by atoms with Crippen molar-refractivity contribution in [1.82, 2.24) is 4.57 Å². The molecule has 0 bridgehead atoms. The van der Waals surface area contributed by atoms with E-state index in [9.17, 15) is 20.6 Å². The Bertz CT molecular complexity index is 4790. The summed E-state index contributed by atoms with van der Waals surface area (Å²) in [5.74, 6) is 0. The van der Waals surface area contributed by atoms with E-state index in [0.717, 1.165) is 6.92 Å². The molecule has 9 aromatic carbocycles. The van der Waals surface area contributed by atoms with Crippen LogP contribution >= 0.6 is 0 Å². The predicted molar refractivity (Wildman–Crippen MR) is 226 cm³/mol. The fourth-order valence-electron chi connectivity index (χ4n) is 5.87. The molecule has 0 saturated heterocycles. The van der Waals surface area contributed by atoms with Crippen molar-refractivity contribution in [1.29, 1.82) is 0 Å². The van der Waals surface area contributed by atoms with Gasteiger partial charge in [0, 0.05) is 38.9 Å². The molecule has 10 rings (SSSR count). The van der Waals surface area contributed by atoms with Crippen LogP contribution in [0, 0.1) is 6.92 Å². The molecule has 2 heteroatoms. The third kappa shape index (κ3) is 5.35. The maximum Gasteiger partial charge on any atom is 0.0652 e. The van der Waals surface area contributed by atoms with E-state index in [-0.39, 0.29) is 0 Å². The van der Waals surface area contributed by atoms with Crippen LogP contribution in [-0.2, 0) is 0 Å². The van der Waals surface area contributed by atoms with Gasteiger partial charge in [0.15, 0.2) is 0 Å². The van der Waals surface area contributed by atoms with Crippen molar-refractivity contribution < 1.29 is 45.2 Å². The lowest BCUT2D eigenvalue weighted by Gasteiger charge is -2.28. The zero-order valence-electron chi connectivity index (χ0n) is 59.9. The summed E-state index contributed by atoms with van der Waals surface area (Å²) in [7, 11) is 0. The highest BCUT2D eigenvalue weighted by atomic mass is 15.1. The second kappa shape index (κ2) is 12.7. The Hall–Kier alpha value is -6.90. The van der Waals surface area contributed by atoms with E-state index in [1.54, 1.807) is 0 Å². The standard InChI is InChI=1S/C51H36N2/c1-35-31-41(36-13-4-2-5-14-36)27-30-49(35)52(44-20-12-17-40(33-44)42-24-23-37-15-8-9-16-39(37)32-42)45-28-25-38-26-29-47-46-21-10-11-22-50(46)53(51(47)48(38)34-45)43-18-6-3-7-19-43/h2-34H,1H3/i2D,3D,4D,5D,6D,7D,8D,9D,10D,11D,12D,13D,14D,15D,16D,17D,18D,19D,20D,21D,22D,23D,24D,25D,26D,27D,28D,29D,30D,31D,32D,33D,34D. The van der Waals surface area contributed by atoms with Gasteiger partial charge < -0.3 is 9.47 Å². The van der Waals surface area contributed by atoms with Crippen molar-refractivity contribution in [2.24, 2.45) is 0 Å². The highest BCUT2D eigenvalue weighted by Crippen LogP contribution is 2.43. The largest absolute Gasteiger partial charge is 0.310 e. The van der Waals surface area contributed by atoms with Crippen molar-refractivity contribution in [3.05, 3.63) is 205 Å². The second-order valence-electron chi connectivity index (χ2n) is 11.3. The minimum Gasteiger partial charge on any atom is -0.310 e. The van der Waals surface area contributed by atoms with E-state index in [1.807, 2.05) is 0 Å². The molecule has 0 radical (unpaired) electrons. The predicted octanol–water partition coefficient (Wildman–Crippen LogP) is 14.2.